The molecule has 0 radical (unpaired) electrons. The minimum absolute atomic E-state index is 0.0798. The van der Waals surface area contributed by atoms with Gasteiger partial charge in [0.1, 0.15) is 0 Å². The Morgan fingerprint density at radius 3 is 2.25 bits per heavy atom. The molecule has 0 bridgehead atoms. The van der Waals surface area contributed by atoms with Crippen LogP contribution in [-0.4, -0.2) is 46.3 Å². The molecule has 0 aliphatic carbocycles. The quantitative estimate of drug-likeness (QED) is 0.655. The number of rotatable bonds is 6. The molecular weight excluding hydrogens is 266 g/mol. The van der Waals surface area contributed by atoms with Crippen LogP contribution in [0.15, 0.2) is 0 Å². The minimum Gasteiger partial charge on any atom is -0.481 e. The van der Waals surface area contributed by atoms with Gasteiger partial charge in [-0.05, 0) is 12.3 Å². The monoisotopic (exact) mass is 287 g/mol. The van der Waals surface area contributed by atoms with Crippen LogP contribution in [0.2, 0.25) is 0 Å². The Balaban J connectivity index is 2.92. The van der Waals surface area contributed by atoms with E-state index in [0.29, 0.717) is 6.42 Å². The fraction of sp³-hybridized carbons (Fsp3) is 0.769. The number of carbonyl (C=O) groups is 3. The molecule has 114 valence electrons. The third kappa shape index (κ3) is 4.19. The zero-order chi connectivity index (χ0) is 15.4. The van der Waals surface area contributed by atoms with Crippen LogP contribution >= 0.6 is 0 Å². The molecule has 1 aliphatic rings. The van der Waals surface area contributed by atoms with Gasteiger partial charge in [-0.2, -0.15) is 0 Å². The maximum absolute atomic E-state index is 11.3. The zero-order valence-electron chi connectivity index (χ0n) is 11.8. The summed E-state index contributed by atoms with van der Waals surface area (Å²) in [4.78, 5) is 33.5. The fourth-order valence-corrected chi connectivity index (χ4v) is 2.52. The van der Waals surface area contributed by atoms with Crippen LogP contribution in [0.4, 0.5) is 0 Å². The molecule has 0 saturated carbocycles. The number of carbonyl (C=O) groups excluding carboxylic acids is 1. The van der Waals surface area contributed by atoms with Gasteiger partial charge in [-0.15, -0.1) is 0 Å². The largest absolute Gasteiger partial charge is 0.481 e. The Hall–Kier alpha value is -1.63. The molecule has 0 aromatic heterocycles. The Morgan fingerprint density at radius 2 is 1.85 bits per heavy atom. The third-order valence-corrected chi connectivity index (χ3v) is 3.29. The van der Waals surface area contributed by atoms with E-state index in [1.807, 2.05) is 13.8 Å². The van der Waals surface area contributed by atoms with E-state index in [-0.39, 0.29) is 18.2 Å². The molecular formula is C13H21NO6. The highest BCUT2D eigenvalue weighted by molar-refractivity contribution is 5.77. The molecule has 3 N–H and O–H groups in total. The number of amides is 1. The van der Waals surface area contributed by atoms with E-state index in [4.69, 9.17) is 9.84 Å². The van der Waals surface area contributed by atoms with Gasteiger partial charge in [0.05, 0.1) is 18.1 Å². The molecule has 1 aliphatic heterocycles. The highest BCUT2D eigenvalue weighted by atomic mass is 16.5. The second-order valence-electron chi connectivity index (χ2n) is 5.54. The lowest BCUT2D eigenvalue weighted by Gasteiger charge is -2.28. The van der Waals surface area contributed by atoms with E-state index < -0.39 is 36.1 Å². The first kappa shape index (κ1) is 16.4. The first-order valence-electron chi connectivity index (χ1n) is 6.60. The van der Waals surface area contributed by atoms with E-state index in [1.165, 1.54) is 6.92 Å². The van der Waals surface area contributed by atoms with E-state index in [0.717, 1.165) is 0 Å². The minimum atomic E-state index is -1.18. The van der Waals surface area contributed by atoms with Crippen LogP contribution < -0.4 is 5.32 Å². The predicted molar refractivity (Wildman–Crippen MR) is 69.1 cm³/mol. The first-order chi connectivity index (χ1) is 9.22. The number of carboxylic acids is 2. The summed E-state index contributed by atoms with van der Waals surface area (Å²) < 4.78 is 5.37. The molecule has 20 heavy (non-hydrogen) atoms. The Bertz CT molecular complexity index is 394. The Morgan fingerprint density at radius 1 is 1.25 bits per heavy atom. The molecule has 7 nitrogen and oxygen atoms in total. The van der Waals surface area contributed by atoms with Gasteiger partial charge in [0.15, 0.2) is 6.10 Å². The molecule has 1 saturated heterocycles. The van der Waals surface area contributed by atoms with E-state index in [2.05, 4.69) is 5.32 Å². The maximum atomic E-state index is 11.3. The van der Waals surface area contributed by atoms with Crippen molar-refractivity contribution in [3.63, 3.8) is 0 Å². The summed E-state index contributed by atoms with van der Waals surface area (Å²) in [7, 11) is 0. The molecule has 4 unspecified atom stereocenters. The van der Waals surface area contributed by atoms with E-state index in [9.17, 15) is 19.5 Å². The number of nitrogens with one attached hydrogen (secondary N) is 1. The number of carboxylic acid groups (broad SMARTS) is 2. The molecule has 4 atom stereocenters. The average molecular weight is 287 g/mol. The first-order valence-corrected chi connectivity index (χ1v) is 6.60. The topological polar surface area (TPSA) is 113 Å². The van der Waals surface area contributed by atoms with Crippen molar-refractivity contribution in [3.05, 3.63) is 0 Å². The number of aliphatic carboxylic acids is 2. The van der Waals surface area contributed by atoms with Gasteiger partial charge >= 0.3 is 11.9 Å². The number of hydrogen-bond donors (Lipinski definition) is 3. The van der Waals surface area contributed by atoms with Crippen LogP contribution in [0, 0.1) is 11.8 Å². The number of hydrogen-bond acceptors (Lipinski definition) is 4. The maximum Gasteiger partial charge on any atom is 0.332 e. The third-order valence-electron chi connectivity index (χ3n) is 3.29. The molecule has 0 aromatic rings. The van der Waals surface area contributed by atoms with E-state index in [1.54, 1.807) is 0 Å². The van der Waals surface area contributed by atoms with Gasteiger partial charge in [0, 0.05) is 13.3 Å². The summed E-state index contributed by atoms with van der Waals surface area (Å²) in [6, 6.07) is -0.502. The van der Waals surface area contributed by atoms with Crippen molar-refractivity contribution >= 4 is 17.8 Å². The summed E-state index contributed by atoms with van der Waals surface area (Å²) in [5, 5.41) is 20.9. The van der Waals surface area contributed by atoms with Crippen LogP contribution in [0.5, 0.6) is 0 Å². The molecule has 1 amide bonds. The van der Waals surface area contributed by atoms with Crippen LogP contribution in [0.25, 0.3) is 0 Å². The summed E-state index contributed by atoms with van der Waals surface area (Å²) in [5.74, 6) is -3.27. The molecule has 0 spiro atoms. The molecule has 1 rings (SSSR count). The van der Waals surface area contributed by atoms with Gasteiger partial charge in [0.25, 0.3) is 0 Å². The highest BCUT2D eigenvalue weighted by Crippen LogP contribution is 2.31. The highest BCUT2D eigenvalue weighted by Gasteiger charge is 2.46. The summed E-state index contributed by atoms with van der Waals surface area (Å²) in [5.41, 5.74) is 0. The smallest absolute Gasteiger partial charge is 0.332 e. The standard InChI is InChI=1S/C13H21NO6/c1-6(2)4-9(14-7(3)15)11-8(12(16)17)5-10(20-11)13(18)19/h6,8-11H,4-5H2,1-3H3,(H,14,15)(H,16,17)(H,18,19). The summed E-state index contributed by atoms with van der Waals surface area (Å²) in [6.45, 7) is 5.22. The van der Waals surface area contributed by atoms with Gasteiger partial charge in [-0.3, -0.25) is 9.59 Å². The predicted octanol–water partition coefficient (Wildman–Crippen LogP) is 0.480. The second-order valence-corrected chi connectivity index (χ2v) is 5.54. The zero-order valence-corrected chi connectivity index (χ0v) is 11.8. The van der Waals surface area contributed by atoms with Gasteiger partial charge < -0.3 is 20.3 Å². The second kappa shape index (κ2) is 6.69. The summed E-state index contributed by atoms with van der Waals surface area (Å²) in [6.07, 6.45) is -1.51. The molecule has 1 fully saturated rings. The molecule has 0 aromatic carbocycles. The van der Waals surface area contributed by atoms with Crippen molar-refractivity contribution in [2.75, 3.05) is 0 Å². The van der Waals surface area contributed by atoms with Gasteiger partial charge in [0.2, 0.25) is 5.91 Å². The van der Waals surface area contributed by atoms with Crippen molar-refractivity contribution in [1.82, 2.24) is 5.32 Å². The van der Waals surface area contributed by atoms with Crippen LogP contribution in [0.1, 0.15) is 33.6 Å². The average Bonchev–Trinajstić information content (AvgIpc) is 2.71. The molecule has 1 heterocycles. The van der Waals surface area contributed by atoms with Crippen molar-refractivity contribution < 1.29 is 29.3 Å². The lowest BCUT2D eigenvalue weighted by molar-refractivity contribution is -0.152. The van der Waals surface area contributed by atoms with Crippen molar-refractivity contribution in [1.29, 1.82) is 0 Å². The Labute approximate surface area is 117 Å². The number of ether oxygens (including phenoxy) is 1. The lowest BCUT2D eigenvalue weighted by atomic mass is 9.89. The SMILES string of the molecule is CC(=O)NC(CC(C)C)C1OC(C(=O)O)CC1C(=O)O. The molecule has 7 heteroatoms. The van der Waals surface area contributed by atoms with Crippen molar-refractivity contribution in [3.8, 4) is 0 Å². The Kier molecular flexibility index (Phi) is 5.50. The van der Waals surface area contributed by atoms with Crippen molar-refractivity contribution in [2.45, 2.75) is 51.9 Å². The van der Waals surface area contributed by atoms with Gasteiger partial charge in [-0.1, -0.05) is 13.8 Å². The fourth-order valence-electron chi connectivity index (χ4n) is 2.52. The van der Waals surface area contributed by atoms with Crippen molar-refractivity contribution in [2.24, 2.45) is 11.8 Å². The normalized spacial score (nSPS) is 27.3. The summed E-state index contributed by atoms with van der Waals surface area (Å²) >= 11 is 0. The lowest BCUT2D eigenvalue weighted by Crippen LogP contribution is -2.47. The van der Waals surface area contributed by atoms with Crippen LogP contribution in [0.3, 0.4) is 0 Å². The van der Waals surface area contributed by atoms with Crippen LogP contribution in [-0.2, 0) is 19.1 Å². The van der Waals surface area contributed by atoms with Gasteiger partial charge in [-0.25, -0.2) is 4.79 Å². The van der Waals surface area contributed by atoms with E-state index >= 15 is 0 Å².